The Bertz CT molecular complexity index is 590. The lowest BCUT2D eigenvalue weighted by molar-refractivity contribution is -0.147. The number of halogens is 2. The number of hydrogen-bond acceptors (Lipinski definition) is 4. The number of hydrogen-bond donors (Lipinski definition) is 1. The third-order valence-corrected chi connectivity index (χ3v) is 3.64. The average Bonchev–Trinajstić information content (AvgIpc) is 2.60. The predicted molar refractivity (Wildman–Crippen MR) is 88.6 cm³/mol. The summed E-state index contributed by atoms with van der Waals surface area (Å²) in [5.74, 6) is -5.84. The smallest absolute Gasteiger partial charge is 0.353 e. The fourth-order valence-electron chi connectivity index (χ4n) is 1.95. The molecule has 0 fully saturated rings. The van der Waals surface area contributed by atoms with Gasteiger partial charge in [-0.25, -0.2) is 0 Å². The first-order valence-electron chi connectivity index (χ1n) is 7.85. The molecule has 0 saturated heterocycles. The third-order valence-electron chi connectivity index (χ3n) is 3.64. The van der Waals surface area contributed by atoms with Crippen molar-refractivity contribution in [3.05, 3.63) is 29.8 Å². The number of methoxy groups -OCH3 is 1. The lowest BCUT2D eigenvalue weighted by Gasteiger charge is -2.21. The number of alkyl halides is 2. The van der Waals surface area contributed by atoms with Gasteiger partial charge >= 0.3 is 5.92 Å². The van der Waals surface area contributed by atoms with Gasteiger partial charge in [0.15, 0.2) is 6.61 Å². The summed E-state index contributed by atoms with van der Waals surface area (Å²) >= 11 is 0. The molecule has 0 spiro atoms. The molecule has 8 heteroatoms. The number of carbonyl (C=O) groups is 2. The van der Waals surface area contributed by atoms with E-state index in [0.717, 1.165) is 6.07 Å². The number of para-hydroxylation sites is 1. The molecular formula is C17H24F2N2O4. The number of carbonyl (C=O) groups excluding carboxylic acids is 2. The second-order valence-electron chi connectivity index (χ2n) is 5.62. The number of likely N-dealkylation sites (N-methyl/N-ethyl adjacent to an activating group) is 1. The molecule has 0 saturated carbocycles. The minimum atomic E-state index is -3.80. The fourth-order valence-corrected chi connectivity index (χ4v) is 1.95. The van der Waals surface area contributed by atoms with E-state index >= 15 is 0 Å². The normalized spacial score (nSPS) is 12.4. The van der Waals surface area contributed by atoms with Gasteiger partial charge in [-0.3, -0.25) is 9.59 Å². The highest BCUT2D eigenvalue weighted by atomic mass is 19.3. The number of nitrogens with zero attached hydrogens (tertiary/aromatic N) is 1. The molecule has 0 aliphatic carbocycles. The molecule has 1 unspecified atom stereocenters. The van der Waals surface area contributed by atoms with Gasteiger partial charge in [-0.1, -0.05) is 19.1 Å². The van der Waals surface area contributed by atoms with Crippen molar-refractivity contribution >= 4 is 11.8 Å². The van der Waals surface area contributed by atoms with E-state index in [-0.39, 0.29) is 24.3 Å². The molecule has 140 valence electrons. The number of ether oxygens (including phenoxy) is 2. The van der Waals surface area contributed by atoms with Crippen LogP contribution in [0.15, 0.2) is 24.3 Å². The van der Waals surface area contributed by atoms with E-state index < -0.39 is 24.0 Å². The summed E-state index contributed by atoms with van der Waals surface area (Å²) in [5.41, 5.74) is -0.593. The maximum atomic E-state index is 14.5. The summed E-state index contributed by atoms with van der Waals surface area (Å²) in [7, 11) is 4.50. The highest BCUT2D eigenvalue weighted by Gasteiger charge is 2.43. The summed E-state index contributed by atoms with van der Waals surface area (Å²) in [4.78, 5) is 24.8. The van der Waals surface area contributed by atoms with Gasteiger partial charge in [-0.15, -0.1) is 0 Å². The molecule has 25 heavy (non-hydrogen) atoms. The average molecular weight is 358 g/mol. The van der Waals surface area contributed by atoms with E-state index in [0.29, 0.717) is 6.42 Å². The van der Waals surface area contributed by atoms with E-state index in [1.54, 1.807) is 0 Å². The molecule has 0 heterocycles. The summed E-state index contributed by atoms with van der Waals surface area (Å²) in [5, 5.41) is 2.19. The third kappa shape index (κ3) is 5.67. The Hall–Kier alpha value is -2.22. The maximum Gasteiger partial charge on any atom is 0.353 e. The molecule has 1 aromatic carbocycles. The van der Waals surface area contributed by atoms with Gasteiger partial charge in [-0.05, 0) is 18.6 Å². The van der Waals surface area contributed by atoms with Crippen molar-refractivity contribution in [2.24, 2.45) is 0 Å². The summed E-state index contributed by atoms with van der Waals surface area (Å²) in [6, 6.07) is 5.26. The van der Waals surface area contributed by atoms with Crippen LogP contribution >= 0.6 is 0 Å². The molecule has 0 bridgehead atoms. The zero-order valence-corrected chi connectivity index (χ0v) is 14.8. The van der Waals surface area contributed by atoms with Crippen LogP contribution in [0.25, 0.3) is 0 Å². The van der Waals surface area contributed by atoms with Crippen molar-refractivity contribution in [3.8, 4) is 5.75 Å². The van der Waals surface area contributed by atoms with Gasteiger partial charge in [0.1, 0.15) is 5.75 Å². The van der Waals surface area contributed by atoms with Crippen molar-refractivity contribution in [2.75, 3.05) is 34.4 Å². The van der Waals surface area contributed by atoms with Gasteiger partial charge in [0, 0.05) is 27.7 Å². The first-order valence-corrected chi connectivity index (χ1v) is 7.85. The highest BCUT2D eigenvalue weighted by molar-refractivity contribution is 5.85. The zero-order valence-electron chi connectivity index (χ0n) is 14.8. The van der Waals surface area contributed by atoms with E-state index in [1.807, 2.05) is 6.92 Å². The van der Waals surface area contributed by atoms with Gasteiger partial charge in [-0.2, -0.15) is 8.78 Å². The van der Waals surface area contributed by atoms with Crippen molar-refractivity contribution in [1.29, 1.82) is 0 Å². The molecule has 6 nitrogen and oxygen atoms in total. The summed E-state index contributed by atoms with van der Waals surface area (Å²) in [6.07, 6.45) is 0.235. The van der Waals surface area contributed by atoms with Gasteiger partial charge < -0.3 is 19.7 Å². The lowest BCUT2D eigenvalue weighted by atomic mass is 10.1. The quantitative estimate of drug-likeness (QED) is 0.731. The largest absolute Gasteiger partial charge is 0.483 e. The number of amides is 2. The Kier molecular flexibility index (Phi) is 7.76. The molecule has 0 aliphatic heterocycles. The zero-order chi connectivity index (χ0) is 19.0. The van der Waals surface area contributed by atoms with Crippen LogP contribution in [0.5, 0.6) is 5.75 Å². The molecule has 1 N–H and O–H groups in total. The van der Waals surface area contributed by atoms with Crippen LogP contribution in [-0.2, 0) is 20.2 Å². The van der Waals surface area contributed by atoms with Crippen LogP contribution in [0.3, 0.4) is 0 Å². The van der Waals surface area contributed by atoms with Crippen molar-refractivity contribution < 1.29 is 27.8 Å². The minimum absolute atomic E-state index is 0.0242. The van der Waals surface area contributed by atoms with Crippen molar-refractivity contribution in [1.82, 2.24) is 10.2 Å². The SMILES string of the molecule is CCC(CNC(=O)C(F)(F)c1ccccc1OCC(=O)N(C)C)OC. The van der Waals surface area contributed by atoms with E-state index in [2.05, 4.69) is 5.32 Å². The Morgan fingerprint density at radius 3 is 2.48 bits per heavy atom. The lowest BCUT2D eigenvalue weighted by Crippen LogP contribution is -2.42. The molecular weight excluding hydrogens is 334 g/mol. The molecule has 1 aromatic rings. The Morgan fingerprint density at radius 2 is 1.92 bits per heavy atom. The second-order valence-corrected chi connectivity index (χ2v) is 5.62. The summed E-state index contributed by atoms with van der Waals surface area (Å²) in [6.45, 7) is 1.40. The second kappa shape index (κ2) is 9.31. The molecule has 0 radical (unpaired) electrons. The Morgan fingerprint density at radius 1 is 1.28 bits per heavy atom. The van der Waals surface area contributed by atoms with E-state index in [4.69, 9.17) is 9.47 Å². The van der Waals surface area contributed by atoms with Gasteiger partial charge in [0.25, 0.3) is 11.8 Å². The van der Waals surface area contributed by atoms with E-state index in [9.17, 15) is 18.4 Å². The molecule has 0 aliphatic rings. The standard InChI is InChI=1S/C17H24F2N2O4/c1-5-12(24-4)10-20-16(23)17(18,19)13-8-6-7-9-14(13)25-11-15(22)21(2)3/h6-9,12H,5,10-11H2,1-4H3,(H,20,23). The number of rotatable bonds is 9. The van der Waals surface area contributed by atoms with Gasteiger partial charge in [0.2, 0.25) is 0 Å². The van der Waals surface area contributed by atoms with Gasteiger partial charge in [0.05, 0.1) is 11.7 Å². The maximum absolute atomic E-state index is 14.5. The highest BCUT2D eigenvalue weighted by Crippen LogP contribution is 2.35. The topological polar surface area (TPSA) is 67.9 Å². The van der Waals surface area contributed by atoms with E-state index in [1.165, 1.54) is 44.3 Å². The first-order chi connectivity index (χ1) is 11.7. The Balaban J connectivity index is 2.89. The molecule has 1 atom stereocenters. The van der Waals surface area contributed by atoms with Crippen LogP contribution in [0.1, 0.15) is 18.9 Å². The summed E-state index contributed by atoms with van der Waals surface area (Å²) < 4.78 is 39.3. The van der Waals surface area contributed by atoms with Crippen LogP contribution in [0, 0.1) is 0 Å². The molecule has 2 amide bonds. The first kappa shape index (κ1) is 20.8. The Labute approximate surface area is 146 Å². The molecule has 1 rings (SSSR count). The number of nitrogens with one attached hydrogen (secondary N) is 1. The predicted octanol–water partition coefficient (Wildman–Crippen LogP) is 1.79. The van der Waals surface area contributed by atoms with Crippen molar-refractivity contribution in [2.45, 2.75) is 25.4 Å². The van der Waals surface area contributed by atoms with Crippen LogP contribution in [0.4, 0.5) is 8.78 Å². The monoisotopic (exact) mass is 358 g/mol. The number of benzene rings is 1. The molecule has 0 aromatic heterocycles. The van der Waals surface area contributed by atoms with Crippen LogP contribution < -0.4 is 10.1 Å². The fraction of sp³-hybridized carbons (Fsp3) is 0.529. The van der Waals surface area contributed by atoms with Crippen LogP contribution in [-0.4, -0.2) is 57.2 Å². The minimum Gasteiger partial charge on any atom is -0.483 e. The van der Waals surface area contributed by atoms with Crippen LogP contribution in [0.2, 0.25) is 0 Å². The van der Waals surface area contributed by atoms with Crippen molar-refractivity contribution in [3.63, 3.8) is 0 Å².